The lowest BCUT2D eigenvalue weighted by atomic mass is 9.93. The number of rotatable bonds is 5. The molecule has 3 heterocycles. The van der Waals surface area contributed by atoms with E-state index in [4.69, 9.17) is 4.98 Å². The van der Waals surface area contributed by atoms with Gasteiger partial charge >= 0.3 is 0 Å². The van der Waals surface area contributed by atoms with E-state index in [2.05, 4.69) is 59.6 Å². The van der Waals surface area contributed by atoms with Crippen molar-refractivity contribution in [2.45, 2.75) is 32.7 Å². The Hall–Kier alpha value is -1.39. The van der Waals surface area contributed by atoms with Gasteiger partial charge in [0.15, 0.2) is 0 Å². The van der Waals surface area contributed by atoms with Crippen LogP contribution in [0, 0.1) is 12.8 Å². The Morgan fingerprint density at radius 1 is 1.23 bits per heavy atom. The SMILES string of the molecule is Cc1cccc2nc(CN3CCC(CCN(C)C)CC3)cn12. The summed E-state index contributed by atoms with van der Waals surface area (Å²) in [5.41, 5.74) is 3.51. The molecule has 0 spiro atoms. The van der Waals surface area contributed by atoms with Crippen LogP contribution in [0.3, 0.4) is 0 Å². The first-order valence-corrected chi connectivity index (χ1v) is 8.42. The minimum absolute atomic E-state index is 0.905. The van der Waals surface area contributed by atoms with Gasteiger partial charge in [-0.15, -0.1) is 0 Å². The zero-order valence-corrected chi connectivity index (χ0v) is 14.1. The second-order valence-corrected chi connectivity index (χ2v) is 6.94. The molecular formula is C18H28N4. The fraction of sp³-hybridized carbons (Fsp3) is 0.611. The summed E-state index contributed by atoms with van der Waals surface area (Å²) in [6, 6.07) is 6.30. The number of likely N-dealkylation sites (tertiary alicyclic amines) is 1. The van der Waals surface area contributed by atoms with Crippen LogP contribution in [0.1, 0.15) is 30.7 Å². The van der Waals surface area contributed by atoms with Gasteiger partial charge in [0.05, 0.1) is 5.69 Å². The lowest BCUT2D eigenvalue weighted by Crippen LogP contribution is -2.34. The van der Waals surface area contributed by atoms with Gasteiger partial charge in [-0.3, -0.25) is 4.90 Å². The molecule has 1 aliphatic rings. The number of aromatic nitrogens is 2. The predicted octanol–water partition coefficient (Wildman–Crippen LogP) is 2.81. The van der Waals surface area contributed by atoms with Crippen molar-refractivity contribution in [3.63, 3.8) is 0 Å². The summed E-state index contributed by atoms with van der Waals surface area (Å²) in [6.07, 6.45) is 6.21. The van der Waals surface area contributed by atoms with Crippen molar-refractivity contribution in [3.05, 3.63) is 35.8 Å². The number of hydrogen-bond acceptors (Lipinski definition) is 3. The molecule has 2 aromatic rings. The van der Waals surface area contributed by atoms with E-state index in [0.717, 1.165) is 18.1 Å². The molecule has 0 amide bonds. The van der Waals surface area contributed by atoms with E-state index in [1.54, 1.807) is 0 Å². The average Bonchev–Trinajstić information content (AvgIpc) is 2.90. The maximum atomic E-state index is 4.76. The van der Waals surface area contributed by atoms with E-state index in [1.165, 1.54) is 50.3 Å². The minimum atomic E-state index is 0.905. The highest BCUT2D eigenvalue weighted by molar-refractivity contribution is 5.41. The summed E-state index contributed by atoms with van der Waals surface area (Å²) in [4.78, 5) is 9.62. The van der Waals surface area contributed by atoms with Crippen molar-refractivity contribution < 1.29 is 0 Å². The van der Waals surface area contributed by atoms with Gasteiger partial charge in [-0.1, -0.05) is 6.07 Å². The molecule has 4 heteroatoms. The molecule has 4 nitrogen and oxygen atoms in total. The van der Waals surface area contributed by atoms with E-state index < -0.39 is 0 Å². The Morgan fingerprint density at radius 2 is 2.00 bits per heavy atom. The lowest BCUT2D eigenvalue weighted by molar-refractivity contribution is 0.164. The van der Waals surface area contributed by atoms with Crippen LogP contribution in [0.5, 0.6) is 0 Å². The molecule has 0 aromatic carbocycles. The van der Waals surface area contributed by atoms with Crippen LogP contribution in [0.15, 0.2) is 24.4 Å². The largest absolute Gasteiger partial charge is 0.309 e. The molecule has 0 N–H and O–H groups in total. The molecule has 0 saturated carbocycles. The Balaban J connectivity index is 1.54. The van der Waals surface area contributed by atoms with Gasteiger partial charge < -0.3 is 9.30 Å². The first kappa shape index (κ1) is 15.5. The van der Waals surface area contributed by atoms with Gasteiger partial charge in [0.1, 0.15) is 5.65 Å². The van der Waals surface area contributed by atoms with Crippen LogP contribution in [0.4, 0.5) is 0 Å². The van der Waals surface area contributed by atoms with Crippen molar-refractivity contribution in [2.75, 3.05) is 33.7 Å². The molecule has 0 radical (unpaired) electrons. The van der Waals surface area contributed by atoms with Crippen LogP contribution in [-0.2, 0) is 6.54 Å². The number of hydrogen-bond donors (Lipinski definition) is 0. The molecule has 2 aromatic heterocycles. The highest BCUT2D eigenvalue weighted by Crippen LogP contribution is 2.22. The molecule has 22 heavy (non-hydrogen) atoms. The van der Waals surface area contributed by atoms with E-state index in [0.29, 0.717) is 0 Å². The highest BCUT2D eigenvalue weighted by atomic mass is 15.1. The smallest absolute Gasteiger partial charge is 0.137 e. The fourth-order valence-corrected chi connectivity index (χ4v) is 3.38. The topological polar surface area (TPSA) is 23.8 Å². The molecule has 3 rings (SSSR count). The summed E-state index contributed by atoms with van der Waals surface area (Å²) in [7, 11) is 4.33. The summed E-state index contributed by atoms with van der Waals surface area (Å²) in [6.45, 7) is 6.77. The Labute approximate surface area is 133 Å². The van der Waals surface area contributed by atoms with Crippen LogP contribution in [0.2, 0.25) is 0 Å². The quantitative estimate of drug-likeness (QED) is 0.848. The number of piperidine rings is 1. The third-order valence-corrected chi connectivity index (χ3v) is 4.82. The molecule has 0 atom stereocenters. The van der Waals surface area contributed by atoms with Gasteiger partial charge in [0.2, 0.25) is 0 Å². The van der Waals surface area contributed by atoms with E-state index >= 15 is 0 Å². The maximum absolute atomic E-state index is 4.76. The molecule has 0 unspecified atom stereocenters. The molecular weight excluding hydrogens is 272 g/mol. The zero-order chi connectivity index (χ0) is 15.5. The van der Waals surface area contributed by atoms with Crippen molar-refractivity contribution in [1.29, 1.82) is 0 Å². The van der Waals surface area contributed by atoms with Crippen LogP contribution in [0.25, 0.3) is 5.65 Å². The van der Waals surface area contributed by atoms with Crippen LogP contribution >= 0.6 is 0 Å². The van der Waals surface area contributed by atoms with E-state index in [9.17, 15) is 0 Å². The molecule has 0 aliphatic carbocycles. The summed E-state index contributed by atoms with van der Waals surface area (Å²) < 4.78 is 2.19. The van der Waals surface area contributed by atoms with Gasteiger partial charge in [-0.05, 0) is 78.0 Å². The van der Waals surface area contributed by atoms with E-state index in [1.807, 2.05) is 0 Å². The third-order valence-electron chi connectivity index (χ3n) is 4.82. The highest BCUT2D eigenvalue weighted by Gasteiger charge is 2.20. The second-order valence-electron chi connectivity index (χ2n) is 6.94. The predicted molar refractivity (Wildman–Crippen MR) is 91.1 cm³/mol. The number of fused-ring (bicyclic) bond motifs is 1. The van der Waals surface area contributed by atoms with Crippen molar-refractivity contribution in [2.24, 2.45) is 5.92 Å². The molecule has 1 saturated heterocycles. The molecule has 0 bridgehead atoms. The van der Waals surface area contributed by atoms with Crippen LogP contribution < -0.4 is 0 Å². The molecule has 120 valence electrons. The van der Waals surface area contributed by atoms with Gasteiger partial charge in [-0.25, -0.2) is 4.98 Å². The van der Waals surface area contributed by atoms with E-state index in [-0.39, 0.29) is 0 Å². The normalized spacial score (nSPS) is 17.6. The summed E-state index contributed by atoms with van der Waals surface area (Å²) in [5, 5.41) is 0. The first-order valence-electron chi connectivity index (χ1n) is 8.42. The Morgan fingerprint density at radius 3 is 2.68 bits per heavy atom. The maximum Gasteiger partial charge on any atom is 0.137 e. The lowest BCUT2D eigenvalue weighted by Gasteiger charge is -2.31. The van der Waals surface area contributed by atoms with Gasteiger partial charge in [-0.2, -0.15) is 0 Å². The van der Waals surface area contributed by atoms with Crippen molar-refractivity contribution >= 4 is 5.65 Å². The van der Waals surface area contributed by atoms with Crippen molar-refractivity contribution in [1.82, 2.24) is 19.2 Å². The van der Waals surface area contributed by atoms with Gasteiger partial charge in [0, 0.05) is 18.4 Å². The van der Waals surface area contributed by atoms with Gasteiger partial charge in [0.25, 0.3) is 0 Å². The molecule has 1 fully saturated rings. The standard InChI is InChI=1S/C18H28N4/c1-15-5-4-6-18-19-17(14-22(15)18)13-21-11-8-16(9-12-21)7-10-20(2)3/h4-6,14,16H,7-13H2,1-3H3. The number of aryl methyl sites for hydroxylation is 1. The minimum Gasteiger partial charge on any atom is -0.309 e. The first-order chi connectivity index (χ1) is 10.6. The van der Waals surface area contributed by atoms with Crippen molar-refractivity contribution in [3.8, 4) is 0 Å². The second kappa shape index (κ2) is 6.80. The molecule has 1 aliphatic heterocycles. The number of nitrogens with zero attached hydrogens (tertiary/aromatic N) is 4. The van der Waals surface area contributed by atoms with Crippen LogP contribution in [-0.4, -0.2) is 52.9 Å². The monoisotopic (exact) mass is 300 g/mol. The summed E-state index contributed by atoms with van der Waals surface area (Å²) in [5.74, 6) is 0.905. The Kier molecular flexibility index (Phi) is 4.79. The Bertz CT molecular complexity index is 609. The summed E-state index contributed by atoms with van der Waals surface area (Å²) >= 11 is 0. The fourth-order valence-electron chi connectivity index (χ4n) is 3.38. The number of pyridine rings is 1. The zero-order valence-electron chi connectivity index (χ0n) is 14.1. The average molecular weight is 300 g/mol. The number of imidazole rings is 1. The third kappa shape index (κ3) is 3.68.